The highest BCUT2D eigenvalue weighted by Crippen LogP contribution is 2.42. The van der Waals surface area contributed by atoms with Crippen molar-refractivity contribution in [1.82, 2.24) is 5.32 Å². The van der Waals surface area contributed by atoms with Crippen LogP contribution < -0.4 is 15.0 Å². The molecule has 0 spiro atoms. The Morgan fingerprint density at radius 1 is 1.09 bits per heavy atom. The molecule has 1 heterocycles. The molecule has 162 valence electrons. The highest BCUT2D eigenvalue weighted by molar-refractivity contribution is 8.04. The Labute approximate surface area is 189 Å². The monoisotopic (exact) mass is 448 g/mol. The molecule has 3 aromatic rings. The van der Waals surface area contributed by atoms with E-state index in [0.717, 1.165) is 21.8 Å². The van der Waals surface area contributed by atoms with Gasteiger partial charge in [0.2, 0.25) is 0 Å². The van der Waals surface area contributed by atoms with Gasteiger partial charge in [-0.25, -0.2) is 4.39 Å². The van der Waals surface area contributed by atoms with E-state index in [0.29, 0.717) is 16.2 Å². The summed E-state index contributed by atoms with van der Waals surface area (Å²) >= 11 is 1.38. The number of nitrogens with one attached hydrogen (secondary N) is 1. The number of ether oxygens (including phenoxy) is 1. The van der Waals surface area contributed by atoms with E-state index in [1.54, 1.807) is 43.3 Å². The Morgan fingerprint density at radius 2 is 1.81 bits per heavy atom. The molecule has 0 atom stereocenters. The molecule has 3 aromatic carbocycles. The van der Waals surface area contributed by atoms with Crippen molar-refractivity contribution in [2.24, 2.45) is 0 Å². The summed E-state index contributed by atoms with van der Waals surface area (Å²) in [6.45, 7) is 0.286. The van der Waals surface area contributed by atoms with E-state index in [1.807, 2.05) is 36.4 Å². The molecule has 32 heavy (non-hydrogen) atoms. The van der Waals surface area contributed by atoms with Crippen LogP contribution in [0.3, 0.4) is 0 Å². The summed E-state index contributed by atoms with van der Waals surface area (Å²) in [6.07, 6.45) is 1.84. The molecule has 0 unspecified atom stereocenters. The van der Waals surface area contributed by atoms with E-state index in [-0.39, 0.29) is 24.2 Å². The number of methoxy groups -OCH3 is 1. The minimum atomic E-state index is -0.319. The first-order valence-corrected chi connectivity index (χ1v) is 10.7. The molecule has 4 rings (SSSR count). The molecule has 0 radical (unpaired) electrons. The van der Waals surface area contributed by atoms with E-state index in [4.69, 9.17) is 4.74 Å². The first-order chi connectivity index (χ1) is 15.4. The number of halogens is 1. The maximum absolute atomic E-state index is 13.0. The van der Waals surface area contributed by atoms with Gasteiger partial charge in [-0.1, -0.05) is 36.0 Å². The fourth-order valence-electron chi connectivity index (χ4n) is 3.27. The van der Waals surface area contributed by atoms with Crippen LogP contribution in [0.25, 0.3) is 6.08 Å². The third kappa shape index (κ3) is 4.68. The smallest absolute Gasteiger partial charge is 0.264 e. The lowest BCUT2D eigenvalue weighted by molar-refractivity contribution is -0.114. The Bertz CT molecular complexity index is 1190. The van der Waals surface area contributed by atoms with Gasteiger partial charge in [0.05, 0.1) is 17.7 Å². The van der Waals surface area contributed by atoms with Crippen molar-refractivity contribution in [3.63, 3.8) is 0 Å². The van der Waals surface area contributed by atoms with E-state index >= 15 is 0 Å². The average molecular weight is 449 g/mol. The molecule has 0 bridgehead atoms. The van der Waals surface area contributed by atoms with Crippen LogP contribution in [0.2, 0.25) is 0 Å². The fourth-order valence-corrected chi connectivity index (χ4v) is 4.37. The van der Waals surface area contributed by atoms with E-state index in [9.17, 15) is 14.0 Å². The van der Waals surface area contributed by atoms with Gasteiger partial charge in [0, 0.05) is 24.1 Å². The number of hydrogen-bond acceptors (Lipinski definition) is 4. The SMILES string of the molecule is COc1ccc(C=C2Sc3ccc(C(=O)NCc4ccc(F)cc4)cc3N(C)C2=O)cc1. The van der Waals surface area contributed by atoms with Crippen LogP contribution in [-0.2, 0) is 11.3 Å². The van der Waals surface area contributed by atoms with Crippen LogP contribution in [0.4, 0.5) is 10.1 Å². The van der Waals surface area contributed by atoms with Crippen molar-refractivity contribution in [3.05, 3.63) is 94.1 Å². The molecular weight excluding hydrogens is 427 g/mol. The van der Waals surface area contributed by atoms with Gasteiger partial charge in [0.25, 0.3) is 11.8 Å². The zero-order chi connectivity index (χ0) is 22.7. The molecule has 0 aromatic heterocycles. The van der Waals surface area contributed by atoms with Gasteiger partial charge < -0.3 is 15.0 Å². The lowest BCUT2D eigenvalue weighted by atomic mass is 10.1. The molecule has 0 aliphatic carbocycles. The molecule has 0 saturated carbocycles. The number of anilines is 1. The molecular formula is C25H21FN2O3S. The van der Waals surface area contributed by atoms with Gasteiger partial charge in [-0.3, -0.25) is 9.59 Å². The van der Waals surface area contributed by atoms with Crippen molar-refractivity contribution < 1.29 is 18.7 Å². The second-order valence-corrected chi connectivity index (χ2v) is 8.32. The average Bonchev–Trinajstić information content (AvgIpc) is 2.82. The van der Waals surface area contributed by atoms with Crippen LogP contribution in [-0.4, -0.2) is 26.0 Å². The Kier molecular flexibility index (Phi) is 6.28. The number of rotatable bonds is 5. The first kappa shape index (κ1) is 21.6. The third-order valence-corrected chi connectivity index (χ3v) is 6.18. The second-order valence-electron chi connectivity index (χ2n) is 7.24. The Hall–Kier alpha value is -3.58. The summed E-state index contributed by atoms with van der Waals surface area (Å²) in [7, 11) is 3.31. The largest absolute Gasteiger partial charge is 0.497 e. The van der Waals surface area contributed by atoms with Crippen molar-refractivity contribution in [2.75, 3.05) is 19.1 Å². The number of fused-ring (bicyclic) bond motifs is 1. The van der Waals surface area contributed by atoms with Gasteiger partial charge in [0.1, 0.15) is 11.6 Å². The van der Waals surface area contributed by atoms with Gasteiger partial charge in [-0.05, 0) is 59.7 Å². The number of nitrogens with zero attached hydrogens (tertiary/aromatic N) is 1. The van der Waals surface area contributed by atoms with Crippen LogP contribution >= 0.6 is 11.8 Å². The number of hydrogen-bond donors (Lipinski definition) is 1. The standard InChI is InChI=1S/C25H21FN2O3S/c1-28-21-14-18(24(29)27-15-17-3-8-19(26)9-4-17)7-12-22(21)32-23(25(28)30)13-16-5-10-20(31-2)11-6-16/h3-14H,15H2,1-2H3,(H,27,29). The van der Waals surface area contributed by atoms with Crippen molar-refractivity contribution in [1.29, 1.82) is 0 Å². The quantitative estimate of drug-likeness (QED) is 0.566. The molecule has 0 fully saturated rings. The summed E-state index contributed by atoms with van der Waals surface area (Å²) in [6, 6.07) is 18.7. The van der Waals surface area contributed by atoms with Crippen LogP contribution in [0, 0.1) is 5.82 Å². The van der Waals surface area contributed by atoms with Crippen LogP contribution in [0.15, 0.2) is 76.5 Å². The predicted molar refractivity (Wildman–Crippen MR) is 124 cm³/mol. The van der Waals surface area contributed by atoms with E-state index in [1.165, 1.54) is 23.9 Å². The topological polar surface area (TPSA) is 58.6 Å². The summed E-state index contributed by atoms with van der Waals surface area (Å²) in [5.74, 6) is 0.0348. The van der Waals surface area contributed by atoms with Crippen molar-refractivity contribution in [2.45, 2.75) is 11.4 Å². The highest BCUT2D eigenvalue weighted by atomic mass is 32.2. The molecule has 2 amide bonds. The number of likely N-dealkylation sites (N-methyl/N-ethyl adjacent to an activating group) is 1. The van der Waals surface area contributed by atoms with Gasteiger partial charge in [0.15, 0.2) is 0 Å². The third-order valence-electron chi connectivity index (χ3n) is 5.10. The van der Waals surface area contributed by atoms with Gasteiger partial charge >= 0.3 is 0 Å². The Morgan fingerprint density at radius 3 is 2.50 bits per heavy atom. The summed E-state index contributed by atoms with van der Waals surface area (Å²) in [5.41, 5.74) is 2.83. The first-order valence-electron chi connectivity index (χ1n) is 9.93. The minimum Gasteiger partial charge on any atom is -0.497 e. The number of carbonyl (C=O) groups excluding carboxylic acids is 2. The number of thioether (sulfide) groups is 1. The normalized spacial score (nSPS) is 14.3. The summed E-state index contributed by atoms with van der Waals surface area (Å²) in [5, 5.41) is 2.83. The lowest BCUT2D eigenvalue weighted by Crippen LogP contribution is -2.31. The molecule has 1 N–H and O–H groups in total. The van der Waals surface area contributed by atoms with Crippen LogP contribution in [0.1, 0.15) is 21.5 Å². The van der Waals surface area contributed by atoms with Crippen molar-refractivity contribution >= 4 is 35.3 Å². The summed E-state index contributed by atoms with van der Waals surface area (Å²) < 4.78 is 18.2. The Balaban J connectivity index is 1.51. The maximum Gasteiger partial charge on any atom is 0.264 e. The molecule has 1 aliphatic heterocycles. The maximum atomic E-state index is 13.0. The molecule has 5 nitrogen and oxygen atoms in total. The summed E-state index contributed by atoms with van der Waals surface area (Å²) in [4.78, 5) is 28.6. The zero-order valence-corrected chi connectivity index (χ0v) is 18.4. The number of amides is 2. The van der Waals surface area contributed by atoms with E-state index < -0.39 is 0 Å². The molecule has 1 aliphatic rings. The number of carbonyl (C=O) groups is 2. The molecule has 0 saturated heterocycles. The van der Waals surface area contributed by atoms with Gasteiger partial charge in [-0.2, -0.15) is 0 Å². The molecule has 7 heteroatoms. The van der Waals surface area contributed by atoms with Crippen LogP contribution in [0.5, 0.6) is 5.75 Å². The highest BCUT2D eigenvalue weighted by Gasteiger charge is 2.27. The second kappa shape index (κ2) is 9.28. The van der Waals surface area contributed by atoms with Gasteiger partial charge in [-0.15, -0.1) is 0 Å². The van der Waals surface area contributed by atoms with Crippen molar-refractivity contribution in [3.8, 4) is 5.75 Å². The zero-order valence-electron chi connectivity index (χ0n) is 17.6. The minimum absolute atomic E-state index is 0.137. The van der Waals surface area contributed by atoms with E-state index in [2.05, 4.69) is 5.32 Å². The number of benzene rings is 3. The predicted octanol–water partition coefficient (Wildman–Crippen LogP) is 4.87. The fraction of sp³-hybridized carbons (Fsp3) is 0.120. The lowest BCUT2D eigenvalue weighted by Gasteiger charge is -2.27.